The second kappa shape index (κ2) is 15.6. The van der Waals surface area contributed by atoms with Crippen molar-refractivity contribution in [3.8, 4) is 12.1 Å². The minimum atomic E-state index is -0.0214. The number of amides is 1. The number of fused-ring (bicyclic) bond motifs is 2. The number of ether oxygens (including phenoxy) is 1. The molecule has 3 aliphatic rings. The van der Waals surface area contributed by atoms with Crippen LogP contribution in [0.5, 0.6) is 6.01 Å². The molecule has 0 bridgehead atoms. The van der Waals surface area contributed by atoms with Gasteiger partial charge in [-0.25, -0.2) is 0 Å². The molecule has 1 amide bonds. The summed E-state index contributed by atoms with van der Waals surface area (Å²) in [5.74, 6) is 0.914. The minimum Gasteiger partial charge on any atom is -0.462 e. The lowest BCUT2D eigenvalue weighted by atomic mass is 10.0. The van der Waals surface area contributed by atoms with E-state index in [1.165, 1.54) is 25.0 Å². The normalized spacial score (nSPS) is 17.6. The lowest BCUT2D eigenvalue weighted by Gasteiger charge is -2.38. The van der Waals surface area contributed by atoms with E-state index in [1.807, 2.05) is 30.9 Å². The first-order chi connectivity index (χ1) is 21.0. The highest BCUT2D eigenvalue weighted by Gasteiger charge is 2.29. The van der Waals surface area contributed by atoms with Gasteiger partial charge in [0, 0.05) is 62.3 Å². The number of hydrogen-bond donors (Lipinski definition) is 1. The SMILES string of the molecule is C=CC(=O)N1CCN(c2nc(OCC3CCCN3)nc3c2CCN(c2cccc4cccc(Cl)c24)C3)CC1.CC.CC#N. The van der Waals surface area contributed by atoms with E-state index in [1.54, 1.807) is 6.07 Å². The molecule has 1 atom stereocenters. The van der Waals surface area contributed by atoms with Crippen LogP contribution in [0, 0.1) is 11.3 Å². The molecule has 2 saturated heterocycles. The van der Waals surface area contributed by atoms with E-state index in [2.05, 4.69) is 46.0 Å². The van der Waals surface area contributed by atoms with Gasteiger partial charge < -0.3 is 24.8 Å². The summed E-state index contributed by atoms with van der Waals surface area (Å²) in [5, 5.41) is 13.8. The van der Waals surface area contributed by atoms with E-state index in [9.17, 15) is 4.79 Å². The van der Waals surface area contributed by atoms with Crippen molar-refractivity contribution in [3.05, 3.63) is 65.3 Å². The molecule has 6 rings (SSSR count). The number of benzene rings is 2. The standard InChI is InChI=1S/C29H33ClN6O2.C2H3N.C2H6/c1-2-26(37)34-14-16-35(17-15-34)28-22-11-13-36(25-10-4-7-20-6-3-9-23(30)27(20)25)18-24(22)32-29(33-28)38-19-21-8-5-12-31-21;1-2-3;1-2/h2-4,6-7,9-10,21,31H,1,5,8,11-19H2;1H3;1-2H3. The van der Waals surface area contributed by atoms with Crippen LogP contribution in [0.3, 0.4) is 0 Å². The number of nitrogens with one attached hydrogen (secondary N) is 1. The summed E-state index contributed by atoms with van der Waals surface area (Å²) in [4.78, 5) is 28.4. The van der Waals surface area contributed by atoms with E-state index in [4.69, 9.17) is 31.6 Å². The predicted octanol–water partition coefficient (Wildman–Crippen LogP) is 5.37. The average molecular weight is 604 g/mol. The Morgan fingerprint density at radius 2 is 1.86 bits per heavy atom. The number of piperazine rings is 1. The third-order valence-electron chi connectivity index (χ3n) is 7.84. The quantitative estimate of drug-likeness (QED) is 0.376. The Labute approximate surface area is 260 Å². The van der Waals surface area contributed by atoms with Crippen LogP contribution >= 0.6 is 11.6 Å². The van der Waals surface area contributed by atoms with Gasteiger partial charge in [-0.05, 0) is 49.4 Å². The maximum absolute atomic E-state index is 12.1. The summed E-state index contributed by atoms with van der Waals surface area (Å²) in [6.07, 6.45) is 4.48. The number of halogens is 1. The van der Waals surface area contributed by atoms with E-state index in [0.717, 1.165) is 72.0 Å². The fourth-order valence-electron chi connectivity index (χ4n) is 5.80. The number of nitriles is 1. The number of carbonyl (C=O) groups excluding carboxylic acids is 1. The van der Waals surface area contributed by atoms with E-state index in [0.29, 0.717) is 38.3 Å². The van der Waals surface area contributed by atoms with Gasteiger partial charge in [0.1, 0.15) is 12.4 Å². The molecule has 0 spiro atoms. The summed E-state index contributed by atoms with van der Waals surface area (Å²) in [5.41, 5.74) is 3.28. The molecule has 2 aromatic carbocycles. The van der Waals surface area contributed by atoms with Gasteiger partial charge in [-0.1, -0.05) is 56.3 Å². The largest absolute Gasteiger partial charge is 0.462 e. The zero-order valence-corrected chi connectivity index (χ0v) is 26.2. The monoisotopic (exact) mass is 603 g/mol. The maximum Gasteiger partial charge on any atom is 0.318 e. The van der Waals surface area contributed by atoms with Crippen molar-refractivity contribution in [2.24, 2.45) is 0 Å². The molecule has 3 aliphatic heterocycles. The van der Waals surface area contributed by atoms with Gasteiger partial charge in [0.2, 0.25) is 5.91 Å². The van der Waals surface area contributed by atoms with Gasteiger partial charge in [-0.15, -0.1) is 0 Å². The molecular weight excluding hydrogens is 562 g/mol. The van der Waals surface area contributed by atoms with Gasteiger partial charge in [0.15, 0.2) is 0 Å². The molecule has 10 heteroatoms. The van der Waals surface area contributed by atoms with Crippen molar-refractivity contribution < 1.29 is 9.53 Å². The molecule has 43 heavy (non-hydrogen) atoms. The number of anilines is 2. The fraction of sp³-hybridized carbons (Fsp3) is 0.455. The molecule has 228 valence electrons. The highest BCUT2D eigenvalue weighted by atomic mass is 35.5. The highest BCUT2D eigenvalue weighted by molar-refractivity contribution is 6.36. The topological polar surface area (TPSA) is 97.6 Å². The van der Waals surface area contributed by atoms with Gasteiger partial charge in [-0.2, -0.15) is 15.2 Å². The highest BCUT2D eigenvalue weighted by Crippen LogP contribution is 2.37. The summed E-state index contributed by atoms with van der Waals surface area (Å²) < 4.78 is 6.17. The zero-order chi connectivity index (χ0) is 30.8. The summed E-state index contributed by atoms with van der Waals surface area (Å²) in [6.45, 7) is 14.9. The first kappa shape index (κ1) is 32.1. The van der Waals surface area contributed by atoms with Gasteiger partial charge >= 0.3 is 6.01 Å². The van der Waals surface area contributed by atoms with Crippen LogP contribution in [-0.2, 0) is 17.8 Å². The van der Waals surface area contributed by atoms with E-state index in [-0.39, 0.29) is 5.91 Å². The van der Waals surface area contributed by atoms with Crippen LogP contribution < -0.4 is 19.9 Å². The Morgan fingerprint density at radius 1 is 1.14 bits per heavy atom. The summed E-state index contributed by atoms with van der Waals surface area (Å²) >= 11 is 6.66. The molecule has 2 fully saturated rings. The van der Waals surface area contributed by atoms with Gasteiger partial charge in [0.05, 0.1) is 23.3 Å². The second-order valence-electron chi connectivity index (χ2n) is 10.4. The zero-order valence-electron chi connectivity index (χ0n) is 25.5. The predicted molar refractivity (Wildman–Crippen MR) is 174 cm³/mol. The third-order valence-corrected chi connectivity index (χ3v) is 8.15. The van der Waals surface area contributed by atoms with Crippen LogP contribution in [0.1, 0.15) is 44.9 Å². The lowest BCUT2D eigenvalue weighted by molar-refractivity contribution is -0.126. The molecule has 9 nitrogen and oxygen atoms in total. The second-order valence-corrected chi connectivity index (χ2v) is 10.8. The summed E-state index contributed by atoms with van der Waals surface area (Å²) in [7, 11) is 0. The molecular formula is C33H42ClN7O2. The molecule has 3 aromatic rings. The molecule has 1 aromatic heterocycles. The summed E-state index contributed by atoms with van der Waals surface area (Å²) in [6, 6.07) is 14.9. The van der Waals surface area contributed by atoms with Crippen LogP contribution in [0.4, 0.5) is 11.5 Å². The van der Waals surface area contributed by atoms with Crippen LogP contribution in [0.25, 0.3) is 10.8 Å². The van der Waals surface area contributed by atoms with Crippen molar-refractivity contribution in [1.82, 2.24) is 20.2 Å². The van der Waals surface area contributed by atoms with E-state index >= 15 is 0 Å². The average Bonchev–Trinajstić information content (AvgIpc) is 3.58. The Balaban J connectivity index is 0.000000798. The smallest absolute Gasteiger partial charge is 0.318 e. The molecule has 1 N–H and O–H groups in total. The van der Waals surface area contributed by atoms with Gasteiger partial charge in [-0.3, -0.25) is 4.79 Å². The molecule has 1 unspecified atom stereocenters. The number of carbonyl (C=O) groups is 1. The van der Waals surface area contributed by atoms with Gasteiger partial charge in [0.25, 0.3) is 0 Å². The molecule has 4 heterocycles. The lowest BCUT2D eigenvalue weighted by Crippen LogP contribution is -2.49. The van der Waals surface area contributed by atoms with Crippen molar-refractivity contribution in [2.75, 3.05) is 55.7 Å². The number of hydrogen-bond acceptors (Lipinski definition) is 8. The first-order valence-electron chi connectivity index (χ1n) is 15.2. The Bertz CT molecular complexity index is 1440. The van der Waals surface area contributed by atoms with E-state index < -0.39 is 0 Å². The Hall–Kier alpha value is -3.87. The van der Waals surface area contributed by atoms with Crippen LogP contribution in [0.2, 0.25) is 5.02 Å². The first-order valence-corrected chi connectivity index (χ1v) is 15.6. The number of aromatic nitrogens is 2. The Kier molecular flexibility index (Phi) is 11.6. The molecule has 0 aliphatic carbocycles. The van der Waals surface area contributed by atoms with Crippen molar-refractivity contribution in [1.29, 1.82) is 5.26 Å². The number of nitrogens with zero attached hydrogens (tertiary/aromatic N) is 6. The number of rotatable bonds is 6. The van der Waals surface area contributed by atoms with Crippen LogP contribution in [0.15, 0.2) is 49.1 Å². The van der Waals surface area contributed by atoms with Crippen molar-refractivity contribution in [2.45, 2.75) is 52.6 Å². The fourth-order valence-corrected chi connectivity index (χ4v) is 6.08. The third kappa shape index (κ3) is 7.56. The molecule has 0 saturated carbocycles. The minimum absolute atomic E-state index is 0.0214. The molecule has 0 radical (unpaired) electrons. The maximum atomic E-state index is 12.1. The van der Waals surface area contributed by atoms with Crippen molar-refractivity contribution >= 4 is 39.8 Å². The van der Waals surface area contributed by atoms with Crippen molar-refractivity contribution in [3.63, 3.8) is 0 Å². The van der Waals surface area contributed by atoms with Crippen LogP contribution in [-0.4, -0.2) is 72.7 Å². The Morgan fingerprint density at radius 3 is 2.53 bits per heavy atom.